The summed E-state index contributed by atoms with van der Waals surface area (Å²) in [7, 11) is 2.31. The predicted molar refractivity (Wildman–Crippen MR) is 76.1 cm³/mol. The summed E-state index contributed by atoms with van der Waals surface area (Å²) in [4.78, 5) is 2.60. The first-order valence-corrected chi connectivity index (χ1v) is 7.49. The van der Waals surface area contributed by atoms with E-state index >= 15 is 0 Å². The van der Waals surface area contributed by atoms with Crippen LogP contribution in [0.3, 0.4) is 0 Å². The van der Waals surface area contributed by atoms with Crippen molar-refractivity contribution in [2.24, 2.45) is 17.1 Å². The third-order valence-electron chi connectivity index (χ3n) is 5.15. The summed E-state index contributed by atoms with van der Waals surface area (Å²) in [5, 5.41) is 0. The van der Waals surface area contributed by atoms with Crippen molar-refractivity contribution >= 4 is 0 Å². The van der Waals surface area contributed by atoms with Gasteiger partial charge in [0.25, 0.3) is 0 Å². The van der Waals surface area contributed by atoms with Gasteiger partial charge in [0.1, 0.15) is 0 Å². The Morgan fingerprint density at radius 1 is 1.18 bits per heavy atom. The molecule has 0 aliphatic heterocycles. The molecular formula is C15H32N2. The Labute approximate surface area is 108 Å². The lowest BCUT2D eigenvalue weighted by Crippen LogP contribution is -2.47. The van der Waals surface area contributed by atoms with Crippen LogP contribution >= 0.6 is 0 Å². The lowest BCUT2D eigenvalue weighted by molar-refractivity contribution is 0.0814. The number of hydrogen-bond donors (Lipinski definition) is 1. The van der Waals surface area contributed by atoms with Crippen molar-refractivity contribution in [1.82, 2.24) is 4.90 Å². The molecule has 17 heavy (non-hydrogen) atoms. The van der Waals surface area contributed by atoms with Gasteiger partial charge in [0, 0.05) is 12.6 Å². The molecule has 0 radical (unpaired) electrons. The largest absolute Gasteiger partial charge is 0.330 e. The van der Waals surface area contributed by atoms with Crippen LogP contribution in [0, 0.1) is 11.3 Å². The van der Waals surface area contributed by atoms with Crippen LogP contribution < -0.4 is 5.73 Å². The highest BCUT2D eigenvalue weighted by atomic mass is 15.1. The Hall–Kier alpha value is -0.0800. The fourth-order valence-electron chi connectivity index (χ4n) is 3.42. The number of rotatable bonds is 6. The molecule has 0 aromatic heterocycles. The molecule has 2 N–H and O–H groups in total. The van der Waals surface area contributed by atoms with Gasteiger partial charge in [-0.1, -0.05) is 33.6 Å². The molecule has 2 heteroatoms. The highest BCUT2D eigenvalue weighted by molar-refractivity contribution is 4.86. The van der Waals surface area contributed by atoms with E-state index in [0.717, 1.165) is 18.5 Å². The third kappa shape index (κ3) is 3.69. The van der Waals surface area contributed by atoms with Gasteiger partial charge in [0.05, 0.1) is 0 Å². The Morgan fingerprint density at radius 2 is 1.76 bits per heavy atom. The van der Waals surface area contributed by atoms with Crippen LogP contribution in [0.5, 0.6) is 0 Å². The minimum absolute atomic E-state index is 0.339. The van der Waals surface area contributed by atoms with Crippen molar-refractivity contribution in [3.63, 3.8) is 0 Å². The van der Waals surface area contributed by atoms with E-state index in [0.29, 0.717) is 5.41 Å². The van der Waals surface area contributed by atoms with Gasteiger partial charge in [-0.25, -0.2) is 0 Å². The molecule has 0 aromatic carbocycles. The second-order valence-electron chi connectivity index (χ2n) is 6.16. The molecule has 102 valence electrons. The molecule has 0 bridgehead atoms. The average molecular weight is 240 g/mol. The molecule has 2 atom stereocenters. The van der Waals surface area contributed by atoms with Gasteiger partial charge in [0.15, 0.2) is 0 Å². The smallest absolute Gasteiger partial charge is 0.0118 e. The van der Waals surface area contributed by atoms with Gasteiger partial charge in [-0.15, -0.1) is 0 Å². The fraction of sp³-hybridized carbons (Fsp3) is 1.00. The van der Waals surface area contributed by atoms with Crippen LogP contribution in [0.4, 0.5) is 0 Å². The molecule has 1 rings (SSSR count). The molecule has 2 nitrogen and oxygen atoms in total. The summed E-state index contributed by atoms with van der Waals surface area (Å²) < 4.78 is 0. The lowest BCUT2D eigenvalue weighted by Gasteiger charge is -2.42. The van der Waals surface area contributed by atoms with E-state index in [1.165, 1.54) is 45.1 Å². The summed E-state index contributed by atoms with van der Waals surface area (Å²) in [5.74, 6) is 0.859. The molecule has 1 aliphatic rings. The molecule has 0 heterocycles. The van der Waals surface area contributed by atoms with Gasteiger partial charge in [-0.2, -0.15) is 0 Å². The van der Waals surface area contributed by atoms with Crippen molar-refractivity contribution in [3.8, 4) is 0 Å². The zero-order valence-corrected chi connectivity index (χ0v) is 12.3. The van der Waals surface area contributed by atoms with E-state index in [-0.39, 0.29) is 0 Å². The normalized spacial score (nSPS) is 26.5. The van der Waals surface area contributed by atoms with Crippen molar-refractivity contribution in [1.29, 1.82) is 0 Å². The number of nitrogens with two attached hydrogens (primary N) is 1. The SMILES string of the molecule is CCC(CC)(CN)CN(C)C1CCCCC1C. The van der Waals surface area contributed by atoms with Gasteiger partial charge in [-0.05, 0) is 50.6 Å². The van der Waals surface area contributed by atoms with Crippen LogP contribution in [0.1, 0.15) is 59.3 Å². The maximum atomic E-state index is 6.01. The van der Waals surface area contributed by atoms with Crippen LogP contribution in [0.25, 0.3) is 0 Å². The standard InChI is InChI=1S/C15H32N2/c1-5-15(6-2,11-16)12-17(4)14-10-8-7-9-13(14)3/h13-14H,5-12,16H2,1-4H3. The molecular weight excluding hydrogens is 208 g/mol. The van der Waals surface area contributed by atoms with Gasteiger partial charge >= 0.3 is 0 Å². The van der Waals surface area contributed by atoms with Gasteiger partial charge < -0.3 is 10.6 Å². The zero-order chi connectivity index (χ0) is 12.9. The zero-order valence-electron chi connectivity index (χ0n) is 12.3. The number of nitrogens with zero attached hydrogens (tertiary/aromatic N) is 1. The van der Waals surface area contributed by atoms with Gasteiger partial charge in [-0.3, -0.25) is 0 Å². The highest BCUT2D eigenvalue weighted by Crippen LogP contribution is 2.32. The van der Waals surface area contributed by atoms with Crippen molar-refractivity contribution < 1.29 is 0 Å². The molecule has 1 saturated carbocycles. The minimum Gasteiger partial charge on any atom is -0.330 e. The first-order valence-electron chi connectivity index (χ1n) is 7.49. The lowest BCUT2D eigenvalue weighted by atomic mass is 9.79. The average Bonchev–Trinajstić information content (AvgIpc) is 2.36. The molecule has 1 aliphatic carbocycles. The van der Waals surface area contributed by atoms with E-state index in [1.54, 1.807) is 0 Å². The number of hydrogen-bond acceptors (Lipinski definition) is 2. The Kier molecular flexibility index (Phi) is 5.94. The summed E-state index contributed by atoms with van der Waals surface area (Å²) in [6.45, 7) is 8.99. The first kappa shape index (κ1) is 15.0. The maximum Gasteiger partial charge on any atom is 0.0118 e. The molecule has 1 fully saturated rings. The van der Waals surface area contributed by atoms with Gasteiger partial charge in [0.2, 0.25) is 0 Å². The van der Waals surface area contributed by atoms with Crippen LogP contribution in [-0.4, -0.2) is 31.1 Å². The Morgan fingerprint density at radius 3 is 2.24 bits per heavy atom. The highest BCUT2D eigenvalue weighted by Gasteiger charge is 2.31. The van der Waals surface area contributed by atoms with E-state index < -0.39 is 0 Å². The summed E-state index contributed by atoms with van der Waals surface area (Å²) in [5.41, 5.74) is 6.35. The van der Waals surface area contributed by atoms with Crippen molar-refractivity contribution in [2.75, 3.05) is 20.1 Å². The second kappa shape index (κ2) is 6.75. The molecule has 0 saturated heterocycles. The Bertz CT molecular complexity index is 203. The summed E-state index contributed by atoms with van der Waals surface area (Å²) in [6.07, 6.45) is 8.02. The second-order valence-corrected chi connectivity index (χ2v) is 6.16. The van der Waals surface area contributed by atoms with Crippen molar-refractivity contribution in [2.45, 2.75) is 65.3 Å². The topological polar surface area (TPSA) is 29.3 Å². The maximum absolute atomic E-state index is 6.01. The molecule has 0 aromatic rings. The van der Waals surface area contributed by atoms with E-state index in [4.69, 9.17) is 5.73 Å². The Balaban J connectivity index is 2.59. The fourth-order valence-corrected chi connectivity index (χ4v) is 3.42. The van der Waals surface area contributed by atoms with Crippen LogP contribution in [0.15, 0.2) is 0 Å². The van der Waals surface area contributed by atoms with Crippen LogP contribution in [0.2, 0.25) is 0 Å². The van der Waals surface area contributed by atoms with E-state index in [9.17, 15) is 0 Å². The summed E-state index contributed by atoms with van der Waals surface area (Å²) in [6, 6.07) is 0.785. The quantitative estimate of drug-likeness (QED) is 0.772. The predicted octanol–water partition coefficient (Wildman–Crippen LogP) is 3.26. The van der Waals surface area contributed by atoms with E-state index in [2.05, 4.69) is 32.7 Å². The monoisotopic (exact) mass is 240 g/mol. The molecule has 2 unspecified atom stereocenters. The van der Waals surface area contributed by atoms with Crippen LogP contribution in [-0.2, 0) is 0 Å². The third-order valence-corrected chi connectivity index (χ3v) is 5.15. The molecule has 0 spiro atoms. The minimum atomic E-state index is 0.339. The molecule has 0 amide bonds. The summed E-state index contributed by atoms with van der Waals surface area (Å²) >= 11 is 0. The first-order chi connectivity index (χ1) is 8.08. The van der Waals surface area contributed by atoms with E-state index in [1.807, 2.05) is 0 Å². The van der Waals surface area contributed by atoms with Crippen molar-refractivity contribution in [3.05, 3.63) is 0 Å².